The van der Waals surface area contributed by atoms with Gasteiger partial charge in [0.15, 0.2) is 29.2 Å². The number of aromatic nitrogens is 8. The zero-order valence-electron chi connectivity index (χ0n) is 29.9. The third-order valence-corrected chi connectivity index (χ3v) is 10.9. The number of aliphatic hydroxyl groups is 5. The van der Waals surface area contributed by atoms with Gasteiger partial charge in [0.05, 0.1) is 37.1 Å². The summed E-state index contributed by atoms with van der Waals surface area (Å²) in [7, 11) is -11.6. The molecule has 1 aromatic carbocycles. The van der Waals surface area contributed by atoms with Crippen molar-refractivity contribution in [1.29, 1.82) is 0 Å². The van der Waals surface area contributed by atoms with E-state index in [0.29, 0.717) is 0 Å². The molecule has 3 aromatic rings. The van der Waals surface area contributed by atoms with Crippen molar-refractivity contribution in [2.75, 3.05) is 18.9 Å². The van der Waals surface area contributed by atoms with Crippen LogP contribution in [0.2, 0.25) is 0 Å². The standard InChI is InChI=1S/C27H33N9O15P2.2Na.H2O/c1-10-3-12-13(4-11(10)2)35(24-18(32-12)25(42)34-27(43)33-24)5-14(37)19(39)15(38)6-48-52(44,45)51-53(46,47)49-7-16-20(40)21(41)26(50-16)36-9-31-17-22(28)29-8-30-23(17)36;;;/h3-4,8-9,14-16,19-21,26,37-41H,5-7H2,1-2H3,(H,44,45)(H,46,47)(H2,28,29,30)(H,34,42,43);;;1H2/q;2*+1;/p-2/t14-,15+,16+,19-,20+,21+,26+;;;/m0.../s1. The summed E-state index contributed by atoms with van der Waals surface area (Å²) in [6, 6.07) is 3.27. The number of aliphatic hydroxyl groups excluding tert-OH is 5. The summed E-state index contributed by atoms with van der Waals surface area (Å²) in [6.07, 6.45) is -10.3. The number of nitrogens with two attached hydrogens (primary N) is 1. The van der Waals surface area contributed by atoms with Gasteiger partial charge in [0, 0.05) is 0 Å². The SMILES string of the molecule is Cc1cc2nc3c(=O)[nH]c(=O)nc-3n(C[C@H](O)[C@H](O)[C@H](O)COP(=O)([O-])OP(=O)([O-])OC[C@H]3O[C@@H](n4cnc5c(N)ncnc54)[C@H](O)[C@@H]3O)c2cc1C.O.[Na+].[Na+]. The van der Waals surface area contributed by atoms with Crippen molar-refractivity contribution in [2.45, 2.75) is 63.2 Å². The summed E-state index contributed by atoms with van der Waals surface area (Å²) in [6.45, 7) is 0.570. The molecule has 294 valence electrons. The van der Waals surface area contributed by atoms with Crippen LogP contribution in [0.5, 0.6) is 0 Å². The van der Waals surface area contributed by atoms with Gasteiger partial charge in [0.25, 0.3) is 21.2 Å². The van der Waals surface area contributed by atoms with E-state index < -0.39 is 89.5 Å². The van der Waals surface area contributed by atoms with Gasteiger partial charge in [-0.25, -0.2) is 29.0 Å². The molecule has 0 spiro atoms. The smallest absolute Gasteiger partial charge is 0.756 e. The number of hydrogen-bond donors (Lipinski definition) is 7. The van der Waals surface area contributed by atoms with Crippen LogP contribution in [0.25, 0.3) is 33.7 Å². The number of aromatic amines is 1. The summed E-state index contributed by atoms with van der Waals surface area (Å²) in [5, 5.41) is 52.9. The molecule has 9 atom stereocenters. The van der Waals surface area contributed by atoms with Gasteiger partial charge in [-0.3, -0.25) is 23.5 Å². The molecule has 1 fully saturated rings. The van der Waals surface area contributed by atoms with Crippen molar-refractivity contribution in [2.24, 2.45) is 0 Å². The maximum Gasteiger partial charge on any atom is 1.00 e. The molecule has 1 saturated heterocycles. The Morgan fingerprint density at radius 2 is 1.64 bits per heavy atom. The third kappa shape index (κ3) is 10.2. The average molecular weight is 848 g/mol. The van der Waals surface area contributed by atoms with Crippen molar-refractivity contribution in [1.82, 2.24) is 39.0 Å². The average Bonchev–Trinajstić information content (AvgIpc) is 3.63. The molecule has 3 aliphatic heterocycles. The van der Waals surface area contributed by atoms with E-state index in [1.54, 1.807) is 26.0 Å². The second kappa shape index (κ2) is 18.8. The molecule has 10 N–H and O–H groups in total. The molecule has 0 radical (unpaired) electrons. The molecule has 25 nitrogen and oxygen atoms in total. The zero-order valence-corrected chi connectivity index (χ0v) is 35.7. The zero-order chi connectivity index (χ0) is 38.6. The number of nitrogen functional groups attached to an aromatic ring is 1. The quantitative estimate of drug-likeness (QED) is 0.0328. The van der Waals surface area contributed by atoms with Gasteiger partial charge in [0.2, 0.25) is 0 Å². The fourth-order valence-corrected chi connectivity index (χ4v) is 7.56. The van der Waals surface area contributed by atoms with Crippen molar-refractivity contribution in [3.05, 3.63) is 56.8 Å². The van der Waals surface area contributed by atoms with E-state index in [-0.39, 0.29) is 104 Å². The first-order chi connectivity index (χ1) is 24.9. The normalized spacial score (nSPS) is 22.0. The van der Waals surface area contributed by atoms with E-state index in [0.717, 1.165) is 17.5 Å². The Hall–Kier alpha value is -2.17. The Morgan fingerprint density at radius 3 is 2.34 bits per heavy atom. The first-order valence-corrected chi connectivity index (χ1v) is 18.3. The second-order valence-corrected chi connectivity index (χ2v) is 15.0. The Bertz CT molecular complexity index is 2370. The number of imidazole rings is 1. The van der Waals surface area contributed by atoms with Crippen molar-refractivity contribution in [3.8, 4) is 11.5 Å². The van der Waals surface area contributed by atoms with Gasteiger partial charge in [-0.2, -0.15) is 4.98 Å². The fourth-order valence-electron chi connectivity index (χ4n) is 5.54. The Balaban J connectivity index is 0.00000280. The molecule has 3 aliphatic rings. The van der Waals surface area contributed by atoms with E-state index in [9.17, 15) is 54.0 Å². The first kappa shape index (κ1) is 48.2. The molecular formula is C27H33N9Na2O16P2. The predicted molar refractivity (Wildman–Crippen MR) is 176 cm³/mol. The van der Waals surface area contributed by atoms with Gasteiger partial charge in [-0.05, 0) is 37.1 Å². The number of H-pyrrole nitrogens is 1. The molecule has 0 saturated carbocycles. The largest absolute Gasteiger partial charge is 1.00 e. The van der Waals surface area contributed by atoms with Crippen LogP contribution in [0.3, 0.4) is 0 Å². The van der Waals surface area contributed by atoms with E-state index in [2.05, 4.69) is 38.3 Å². The summed E-state index contributed by atoms with van der Waals surface area (Å²) in [4.78, 5) is 71.1. The molecule has 2 aromatic heterocycles. The number of nitrogens with one attached hydrogen (secondary N) is 1. The number of benzene rings is 1. The first-order valence-electron chi connectivity index (χ1n) is 15.4. The van der Waals surface area contributed by atoms with Crippen LogP contribution in [0.1, 0.15) is 17.4 Å². The molecule has 0 amide bonds. The minimum absolute atomic E-state index is 0. The number of phosphoric acid groups is 2. The minimum Gasteiger partial charge on any atom is -0.756 e. The van der Waals surface area contributed by atoms with Crippen LogP contribution >= 0.6 is 15.6 Å². The van der Waals surface area contributed by atoms with Crippen LogP contribution in [0, 0.1) is 13.8 Å². The number of anilines is 1. The third-order valence-electron chi connectivity index (χ3n) is 8.38. The summed E-state index contributed by atoms with van der Waals surface area (Å²) in [5.74, 6) is -0.243. The number of nitrogens with zero attached hydrogens (tertiary/aromatic N) is 7. The van der Waals surface area contributed by atoms with Crippen molar-refractivity contribution >= 4 is 43.7 Å². The number of phosphoric ester groups is 2. The number of hydrogen-bond acceptors (Lipinski definition) is 21. The Morgan fingerprint density at radius 1 is 0.982 bits per heavy atom. The maximum atomic E-state index is 12.5. The van der Waals surface area contributed by atoms with Crippen LogP contribution in [0.4, 0.5) is 5.82 Å². The van der Waals surface area contributed by atoms with E-state index >= 15 is 0 Å². The second-order valence-electron chi connectivity index (χ2n) is 12.0. The minimum atomic E-state index is -5.85. The van der Waals surface area contributed by atoms with Crippen LogP contribution in [0.15, 0.2) is 34.4 Å². The van der Waals surface area contributed by atoms with Gasteiger partial charge in [-0.15, -0.1) is 0 Å². The number of ether oxygens (including phenoxy) is 1. The number of fused-ring (bicyclic) bond motifs is 3. The van der Waals surface area contributed by atoms with Gasteiger partial charge in [0.1, 0.15) is 48.5 Å². The predicted octanol–water partition coefficient (Wildman–Crippen LogP) is -10.5. The maximum absolute atomic E-state index is 12.5. The molecule has 0 aliphatic carbocycles. The molecule has 5 heterocycles. The molecule has 2 unspecified atom stereocenters. The van der Waals surface area contributed by atoms with Gasteiger partial charge < -0.3 is 64.9 Å². The van der Waals surface area contributed by atoms with E-state index in [1.165, 1.54) is 15.5 Å². The topological polar surface area (TPSA) is 400 Å². The summed E-state index contributed by atoms with van der Waals surface area (Å²) < 4.78 is 45.7. The van der Waals surface area contributed by atoms with E-state index in [4.69, 9.17) is 10.5 Å². The van der Waals surface area contributed by atoms with Gasteiger partial charge >= 0.3 is 64.8 Å². The molecule has 6 rings (SSSR count). The Labute approximate surface area is 358 Å². The molecule has 56 heavy (non-hydrogen) atoms. The molecule has 29 heteroatoms. The molecule has 0 bridgehead atoms. The molecular weight excluding hydrogens is 814 g/mol. The summed E-state index contributed by atoms with van der Waals surface area (Å²) in [5.41, 5.74) is 5.97. The monoisotopic (exact) mass is 847 g/mol. The number of aryl methyl sites for hydroxylation is 2. The fraction of sp³-hybridized carbons (Fsp3) is 0.444. The van der Waals surface area contributed by atoms with Crippen molar-refractivity contribution in [3.63, 3.8) is 0 Å². The Kier molecular flexibility index (Phi) is 16.2. The van der Waals surface area contributed by atoms with Crippen molar-refractivity contribution < 1.29 is 127 Å². The van der Waals surface area contributed by atoms with E-state index in [1.807, 2.05) is 4.98 Å². The number of rotatable bonds is 13. The summed E-state index contributed by atoms with van der Waals surface area (Å²) >= 11 is 0. The van der Waals surface area contributed by atoms with Crippen LogP contribution in [-0.2, 0) is 33.8 Å². The van der Waals surface area contributed by atoms with Crippen LogP contribution in [-0.4, -0.2) is 120 Å². The van der Waals surface area contributed by atoms with Gasteiger partial charge in [-0.1, -0.05) is 0 Å². The van der Waals surface area contributed by atoms with Crippen LogP contribution < -0.4 is 85.9 Å².